The summed E-state index contributed by atoms with van der Waals surface area (Å²) >= 11 is 3.50. The smallest absolute Gasteiger partial charge is 0.416 e. The van der Waals surface area contributed by atoms with Gasteiger partial charge in [-0.15, -0.1) is 0 Å². The number of benzene rings is 2. The lowest BCUT2D eigenvalue weighted by Gasteiger charge is -2.36. The van der Waals surface area contributed by atoms with Gasteiger partial charge < -0.3 is 19.3 Å². The number of halogens is 7. The maximum Gasteiger partial charge on any atom is 0.416 e. The van der Waals surface area contributed by atoms with Crippen LogP contribution in [0.3, 0.4) is 0 Å². The number of aryl methyl sites for hydroxylation is 3. The molecular weight excluding hydrogens is 1040 g/mol. The number of cyclic esters (lactones) is 2. The van der Waals surface area contributed by atoms with Gasteiger partial charge in [-0.1, -0.05) is 61.8 Å². The van der Waals surface area contributed by atoms with Gasteiger partial charge in [0.05, 0.1) is 42.0 Å². The van der Waals surface area contributed by atoms with Crippen molar-refractivity contribution in [3.8, 4) is 11.3 Å². The molecule has 2 saturated heterocycles. The Morgan fingerprint density at radius 1 is 0.640 bits per heavy atom. The Kier molecular flexibility index (Phi) is 17.1. The molecule has 0 N–H and O–H groups in total. The Balaban J connectivity index is 0.000000201. The number of amides is 2. The van der Waals surface area contributed by atoms with E-state index in [-0.39, 0.29) is 13.1 Å². The van der Waals surface area contributed by atoms with Crippen LogP contribution in [-0.2, 0) is 42.0 Å². The molecule has 12 nitrogen and oxygen atoms in total. The first-order valence-corrected chi connectivity index (χ1v) is 26.9. The molecule has 2 aliphatic carbocycles. The highest BCUT2D eigenvalue weighted by Crippen LogP contribution is 2.42. The van der Waals surface area contributed by atoms with Crippen molar-refractivity contribution in [2.24, 2.45) is 7.05 Å². The number of alkyl halides is 6. The molecular formula is C56H67BrF6N8O4. The Labute approximate surface area is 443 Å². The molecule has 5 heterocycles. The van der Waals surface area contributed by atoms with Gasteiger partial charge in [0, 0.05) is 72.0 Å². The molecule has 0 spiro atoms. The Hall–Kier alpha value is -5.85. The third-order valence-electron chi connectivity index (χ3n) is 15.2. The fraction of sp³-hybridized carbons (Fsp3) is 0.518. The Bertz CT molecular complexity index is 2810. The van der Waals surface area contributed by atoms with E-state index in [9.17, 15) is 35.9 Å². The minimum Gasteiger partial charge on any atom is -0.439 e. The minimum atomic E-state index is -4.48. The molecule has 404 valence electrons. The number of rotatable bonds is 13. The fourth-order valence-electron chi connectivity index (χ4n) is 11.4. The first-order valence-electron chi connectivity index (χ1n) is 26.1. The highest BCUT2D eigenvalue weighted by Gasteiger charge is 2.44. The van der Waals surface area contributed by atoms with E-state index in [2.05, 4.69) is 44.7 Å². The number of anilines is 2. The van der Waals surface area contributed by atoms with Crippen molar-refractivity contribution in [2.75, 3.05) is 22.9 Å². The van der Waals surface area contributed by atoms with E-state index in [1.807, 2.05) is 45.3 Å². The zero-order valence-corrected chi connectivity index (χ0v) is 45.2. The van der Waals surface area contributed by atoms with Crippen molar-refractivity contribution in [3.05, 3.63) is 122 Å². The molecule has 75 heavy (non-hydrogen) atoms. The summed E-state index contributed by atoms with van der Waals surface area (Å²) in [4.78, 5) is 43.6. The highest BCUT2D eigenvalue weighted by molar-refractivity contribution is 9.10. The van der Waals surface area contributed by atoms with Gasteiger partial charge in [0.15, 0.2) is 0 Å². The third-order valence-corrected chi connectivity index (χ3v) is 15.6. The number of carbonyl (C=O) groups is 2. The molecule has 2 amide bonds. The van der Waals surface area contributed by atoms with E-state index >= 15 is 0 Å². The standard InChI is InChI=1S/C30H36F3N5O2.C26H31BrF3N3O2/c1-5-37(25-9-7-6-8-10-25)28-23(15-22(17-34-28)26-11-12-35-36(26)4)18-38-20(3)27(40-29(38)39)21-13-19(2)14-24(16-21)30(31,32)33;1-4-32(22-8-6-5-7-9-22)24-19(13-21(27)14-31-24)15-33-17(3)23(35-25(33)34)18-10-16(2)11-20(12-18)26(28,29)30/h11-17,20,25,27H,5-10,18H2,1-4H3;10-14,17,22-23H,4-9,15H2,1-3H3/t20-,27-;17-,23-/m00/s1. The van der Waals surface area contributed by atoms with E-state index in [0.717, 1.165) is 102 Å². The number of pyridine rings is 2. The molecule has 9 rings (SSSR count). The zero-order valence-electron chi connectivity index (χ0n) is 43.6. The van der Waals surface area contributed by atoms with E-state index < -0.39 is 60.0 Å². The normalized spacial score (nSPS) is 20.7. The van der Waals surface area contributed by atoms with Crippen LogP contribution in [0.5, 0.6) is 0 Å². The lowest BCUT2D eigenvalue weighted by atomic mass is 9.93. The van der Waals surface area contributed by atoms with Crippen LogP contribution in [0.2, 0.25) is 0 Å². The SMILES string of the molecule is CCN(c1ncc(-c2ccnn2C)cc1CN1C(=O)O[C@H](c2cc(C)cc(C(F)(F)F)c2)[C@@H]1C)C1CCCCC1.CCN(c1ncc(Br)cc1CN1C(=O)O[C@H](c2cc(C)cc(C(F)(F)F)c2)[C@@H]1C)C1CCCCC1. The second-order valence-corrected chi connectivity index (χ2v) is 21.4. The van der Waals surface area contributed by atoms with Crippen molar-refractivity contribution >= 4 is 39.8 Å². The van der Waals surface area contributed by atoms with Gasteiger partial charge >= 0.3 is 24.5 Å². The fourth-order valence-corrected chi connectivity index (χ4v) is 11.8. The number of ether oxygens (including phenoxy) is 2. The molecule has 5 aromatic rings. The zero-order chi connectivity index (χ0) is 53.9. The van der Waals surface area contributed by atoms with E-state index in [1.165, 1.54) is 38.5 Å². The molecule has 4 atom stereocenters. The summed E-state index contributed by atoms with van der Waals surface area (Å²) in [5, 5.41) is 4.29. The van der Waals surface area contributed by atoms with E-state index in [1.54, 1.807) is 52.9 Å². The van der Waals surface area contributed by atoms with E-state index in [0.29, 0.717) is 34.3 Å². The lowest BCUT2D eigenvalue weighted by Crippen LogP contribution is -2.39. The second kappa shape index (κ2) is 23.2. The van der Waals surface area contributed by atoms with Crippen LogP contribution in [0, 0.1) is 13.8 Å². The van der Waals surface area contributed by atoms with Gasteiger partial charge in [0.25, 0.3) is 0 Å². The molecule has 4 fully saturated rings. The van der Waals surface area contributed by atoms with Crippen LogP contribution >= 0.6 is 15.9 Å². The van der Waals surface area contributed by atoms with E-state index in [4.69, 9.17) is 19.4 Å². The minimum absolute atomic E-state index is 0.228. The summed E-state index contributed by atoms with van der Waals surface area (Å²) in [5.74, 6) is 1.68. The predicted molar refractivity (Wildman–Crippen MR) is 279 cm³/mol. The third kappa shape index (κ3) is 12.5. The van der Waals surface area contributed by atoms with Crippen molar-refractivity contribution < 1.29 is 45.4 Å². The number of carbonyl (C=O) groups excluding carboxylic acids is 2. The average molecular weight is 1110 g/mol. The van der Waals surface area contributed by atoms with Crippen LogP contribution in [0.25, 0.3) is 11.3 Å². The summed E-state index contributed by atoms with van der Waals surface area (Å²) in [6.07, 6.45) is 5.36. The summed E-state index contributed by atoms with van der Waals surface area (Å²) in [6.45, 7) is 13.2. The lowest BCUT2D eigenvalue weighted by molar-refractivity contribution is -0.138. The molecule has 0 radical (unpaired) electrons. The molecule has 19 heteroatoms. The summed E-state index contributed by atoms with van der Waals surface area (Å²) < 4.78 is 94.6. The molecule has 2 aliphatic heterocycles. The Morgan fingerprint density at radius 2 is 1.08 bits per heavy atom. The largest absolute Gasteiger partial charge is 0.439 e. The van der Waals surface area contributed by atoms with Crippen LogP contribution in [0.15, 0.2) is 77.7 Å². The van der Waals surface area contributed by atoms with Gasteiger partial charge in [-0.3, -0.25) is 14.5 Å². The maximum absolute atomic E-state index is 13.5. The van der Waals surface area contributed by atoms with Crippen LogP contribution in [0.4, 0.5) is 47.6 Å². The first kappa shape index (κ1) is 55.4. The average Bonchev–Trinajstić information content (AvgIpc) is 4.02. The van der Waals surface area contributed by atoms with Crippen LogP contribution in [0.1, 0.15) is 149 Å². The molecule has 2 aromatic carbocycles. The van der Waals surface area contributed by atoms with Gasteiger partial charge in [-0.05, 0) is 137 Å². The predicted octanol–water partition coefficient (Wildman–Crippen LogP) is 14.5. The second-order valence-electron chi connectivity index (χ2n) is 20.4. The quantitative estimate of drug-likeness (QED) is 0.106. The summed E-state index contributed by atoms with van der Waals surface area (Å²) in [7, 11) is 1.87. The number of hydrogen-bond acceptors (Lipinski definition) is 9. The number of aromatic nitrogens is 4. The molecule has 3 aromatic heterocycles. The van der Waals surface area contributed by atoms with Gasteiger partial charge in [0.2, 0.25) is 0 Å². The monoisotopic (exact) mass is 1110 g/mol. The van der Waals surface area contributed by atoms with Crippen molar-refractivity contribution in [1.82, 2.24) is 29.5 Å². The first-order chi connectivity index (χ1) is 35.6. The van der Waals surface area contributed by atoms with Gasteiger partial charge in [-0.25, -0.2) is 19.6 Å². The van der Waals surface area contributed by atoms with Gasteiger partial charge in [-0.2, -0.15) is 31.4 Å². The summed E-state index contributed by atoms with van der Waals surface area (Å²) in [5.41, 5.74) is 3.69. The van der Waals surface area contributed by atoms with Crippen LogP contribution < -0.4 is 9.80 Å². The number of nitrogens with zero attached hydrogens (tertiary/aromatic N) is 8. The molecule has 0 bridgehead atoms. The topological polar surface area (TPSA) is 109 Å². The number of hydrogen-bond donors (Lipinski definition) is 0. The van der Waals surface area contributed by atoms with Crippen molar-refractivity contribution in [3.63, 3.8) is 0 Å². The van der Waals surface area contributed by atoms with Crippen molar-refractivity contribution in [1.29, 1.82) is 0 Å². The molecule has 2 saturated carbocycles. The molecule has 0 unspecified atom stereocenters. The van der Waals surface area contributed by atoms with Crippen LogP contribution in [-0.4, -0.2) is 79.0 Å². The molecule has 4 aliphatic rings. The van der Waals surface area contributed by atoms with Gasteiger partial charge in [0.1, 0.15) is 23.8 Å². The highest BCUT2D eigenvalue weighted by atomic mass is 79.9. The maximum atomic E-state index is 13.5. The summed E-state index contributed by atoms with van der Waals surface area (Å²) in [6, 6.07) is 13.5. The van der Waals surface area contributed by atoms with Crippen molar-refractivity contribution in [2.45, 2.75) is 168 Å². The Morgan fingerprint density at radius 3 is 1.49 bits per heavy atom.